The number of hydrogen-bond donors (Lipinski definition) is 1. The number of nitrogens with zero attached hydrogens (tertiary/aromatic N) is 5. The van der Waals surface area contributed by atoms with Gasteiger partial charge in [0.1, 0.15) is 29.4 Å². The first-order valence-electron chi connectivity index (χ1n) is 14.3. The van der Waals surface area contributed by atoms with Crippen molar-refractivity contribution in [3.8, 4) is 17.3 Å². The molecule has 3 saturated heterocycles. The Labute approximate surface area is 242 Å². The maximum atomic E-state index is 16.5. The van der Waals surface area contributed by atoms with Crippen molar-refractivity contribution in [1.29, 1.82) is 0 Å². The lowest BCUT2D eigenvalue weighted by molar-refractivity contribution is -0.405. The van der Waals surface area contributed by atoms with Crippen molar-refractivity contribution < 1.29 is 18.1 Å². The van der Waals surface area contributed by atoms with Crippen molar-refractivity contribution in [1.82, 2.24) is 25.2 Å². The summed E-state index contributed by atoms with van der Waals surface area (Å²) in [6, 6.07) is 11.3. The van der Waals surface area contributed by atoms with Crippen molar-refractivity contribution in [2.45, 2.75) is 37.4 Å². The normalized spacial score (nSPS) is 24.9. The lowest BCUT2D eigenvalue weighted by Crippen LogP contribution is -2.43. The molecule has 1 N–H and O–H groups in total. The molecule has 212 valence electrons. The zero-order valence-corrected chi connectivity index (χ0v) is 23.7. The first kappa shape index (κ1) is 26.6. The highest BCUT2D eigenvalue weighted by atomic mass is 35.5. The van der Waals surface area contributed by atoms with E-state index >= 15 is 4.39 Å². The van der Waals surface area contributed by atoms with E-state index < -0.39 is 12.0 Å². The lowest BCUT2D eigenvalue weighted by Gasteiger charge is -2.30. The van der Waals surface area contributed by atoms with Crippen LogP contribution in [0.1, 0.15) is 25.7 Å². The van der Waals surface area contributed by atoms with Gasteiger partial charge in [-0.2, -0.15) is 4.98 Å². The second-order valence-corrected chi connectivity index (χ2v) is 11.9. The van der Waals surface area contributed by atoms with E-state index in [9.17, 15) is 4.39 Å². The summed E-state index contributed by atoms with van der Waals surface area (Å²) < 4.78 is 39.0. The Kier molecular flexibility index (Phi) is 6.84. The van der Waals surface area contributed by atoms with Crippen LogP contribution in [0.15, 0.2) is 42.6 Å². The van der Waals surface area contributed by atoms with Crippen LogP contribution in [0.2, 0.25) is 5.02 Å². The molecule has 3 fully saturated rings. The van der Waals surface area contributed by atoms with Crippen molar-refractivity contribution in [2.24, 2.45) is 5.92 Å². The molecule has 3 aliphatic heterocycles. The summed E-state index contributed by atoms with van der Waals surface area (Å²) in [6.45, 7) is 3.37. The molecule has 4 aromatic rings. The van der Waals surface area contributed by atoms with E-state index in [1.54, 1.807) is 12.3 Å². The standard InChI is InChI=1S/C31H32ClF2N6O/c1-39(16-19-9-11-35-14-19)29-23-15-36-27(22-7-2-5-20-6-3-8-24(32)25(20)22)26(34)28(23)37-30(38-29)41-18-31-10-4-12-40(31)17-21(33)13-31/h2-3,5-8,15-16,19,21,35H,4,9-14,17-18H2,1H3/q+1/t19?,21-,31+/m1/s1. The molecule has 5 heterocycles. The van der Waals surface area contributed by atoms with E-state index in [0.717, 1.165) is 49.7 Å². The van der Waals surface area contributed by atoms with E-state index in [-0.39, 0.29) is 29.4 Å². The number of aromatic nitrogens is 3. The number of ether oxygens (including phenoxy) is 1. The molecule has 0 spiro atoms. The molecule has 0 radical (unpaired) electrons. The number of rotatable bonds is 6. The minimum atomic E-state index is -0.869. The summed E-state index contributed by atoms with van der Waals surface area (Å²) >= 11 is 6.57. The van der Waals surface area contributed by atoms with Crippen LogP contribution in [-0.2, 0) is 0 Å². The minimum Gasteiger partial charge on any atom is -0.443 e. The molecule has 3 atom stereocenters. The third-order valence-corrected chi connectivity index (χ3v) is 9.17. The molecule has 1 unspecified atom stereocenters. The van der Waals surface area contributed by atoms with Crippen LogP contribution in [0.5, 0.6) is 6.01 Å². The molecule has 10 heteroatoms. The van der Waals surface area contributed by atoms with Gasteiger partial charge in [-0.15, -0.1) is 0 Å². The third-order valence-electron chi connectivity index (χ3n) is 8.85. The van der Waals surface area contributed by atoms with Gasteiger partial charge in [0.25, 0.3) is 0 Å². The van der Waals surface area contributed by atoms with Gasteiger partial charge >= 0.3 is 11.8 Å². The number of alkyl halides is 1. The van der Waals surface area contributed by atoms with Gasteiger partial charge in [-0.05, 0) is 43.8 Å². The lowest BCUT2D eigenvalue weighted by atomic mass is 9.95. The maximum absolute atomic E-state index is 16.5. The summed E-state index contributed by atoms with van der Waals surface area (Å²) in [6.07, 6.45) is 6.17. The first-order valence-corrected chi connectivity index (χ1v) is 14.6. The molecular weight excluding hydrogens is 546 g/mol. The van der Waals surface area contributed by atoms with Crippen LogP contribution in [-0.4, -0.2) is 82.2 Å². The second-order valence-electron chi connectivity index (χ2n) is 11.5. The highest BCUT2D eigenvalue weighted by Crippen LogP contribution is 2.41. The molecule has 3 aliphatic rings. The monoisotopic (exact) mass is 577 g/mol. The molecular formula is C31H32ClF2N6O+. The van der Waals surface area contributed by atoms with Crippen LogP contribution in [0.25, 0.3) is 32.9 Å². The Bertz CT molecular complexity index is 1670. The van der Waals surface area contributed by atoms with Gasteiger partial charge in [-0.25, -0.2) is 13.4 Å². The maximum Gasteiger partial charge on any atom is 0.434 e. The Morgan fingerprint density at radius 2 is 2.10 bits per heavy atom. The Morgan fingerprint density at radius 1 is 1.24 bits per heavy atom. The highest BCUT2D eigenvalue weighted by Gasteiger charge is 2.49. The zero-order valence-electron chi connectivity index (χ0n) is 22.9. The average molecular weight is 578 g/mol. The van der Waals surface area contributed by atoms with Gasteiger partial charge in [0, 0.05) is 52.6 Å². The van der Waals surface area contributed by atoms with E-state index in [1.807, 2.05) is 42.0 Å². The Morgan fingerprint density at radius 3 is 2.93 bits per heavy atom. The molecule has 0 aliphatic carbocycles. The van der Waals surface area contributed by atoms with Gasteiger partial charge < -0.3 is 10.1 Å². The van der Waals surface area contributed by atoms with Gasteiger partial charge in [0.2, 0.25) is 0 Å². The van der Waals surface area contributed by atoms with Crippen molar-refractivity contribution in [3.63, 3.8) is 0 Å². The molecule has 0 saturated carbocycles. The fraction of sp³-hybridized carbons (Fsp3) is 0.419. The summed E-state index contributed by atoms with van der Waals surface area (Å²) in [4.78, 5) is 16.1. The molecule has 0 bridgehead atoms. The van der Waals surface area contributed by atoms with Gasteiger partial charge in [-0.3, -0.25) is 9.88 Å². The fourth-order valence-electron chi connectivity index (χ4n) is 6.87. The van der Waals surface area contributed by atoms with Crippen LogP contribution < -0.4 is 10.1 Å². The van der Waals surface area contributed by atoms with E-state index in [2.05, 4.69) is 26.4 Å². The summed E-state index contributed by atoms with van der Waals surface area (Å²) in [7, 11) is 1.90. The molecule has 41 heavy (non-hydrogen) atoms. The number of hydrogen-bond acceptors (Lipinski definition) is 6. The smallest absolute Gasteiger partial charge is 0.434 e. The fourth-order valence-corrected chi connectivity index (χ4v) is 7.16. The third kappa shape index (κ3) is 4.73. The predicted molar refractivity (Wildman–Crippen MR) is 157 cm³/mol. The van der Waals surface area contributed by atoms with E-state index in [4.69, 9.17) is 21.3 Å². The summed E-state index contributed by atoms with van der Waals surface area (Å²) in [5.41, 5.74) is 0.509. The van der Waals surface area contributed by atoms with Crippen LogP contribution in [0.3, 0.4) is 0 Å². The van der Waals surface area contributed by atoms with Crippen molar-refractivity contribution >= 4 is 45.3 Å². The van der Waals surface area contributed by atoms with Gasteiger partial charge in [0.15, 0.2) is 5.82 Å². The predicted octanol–water partition coefficient (Wildman–Crippen LogP) is 5.55. The SMILES string of the molecule is C[N+](=CC1CCNC1)c1nc(OC[C@@]23CCCN2C[C@H](F)C3)nc2c(F)c(-c3cccc4cccc(Cl)c34)ncc12. The number of nitrogens with one attached hydrogen (secondary N) is 1. The number of fused-ring (bicyclic) bond motifs is 3. The second kappa shape index (κ2) is 10.5. The highest BCUT2D eigenvalue weighted by molar-refractivity contribution is 6.36. The van der Waals surface area contributed by atoms with E-state index in [1.165, 1.54) is 0 Å². The molecule has 2 aromatic carbocycles. The Hall–Kier alpha value is -3.27. The van der Waals surface area contributed by atoms with Crippen molar-refractivity contribution in [3.05, 3.63) is 53.4 Å². The average Bonchev–Trinajstić information content (AvgIpc) is 3.68. The molecule has 0 amide bonds. The van der Waals surface area contributed by atoms with Crippen LogP contribution in [0.4, 0.5) is 14.6 Å². The van der Waals surface area contributed by atoms with E-state index in [0.29, 0.717) is 40.7 Å². The zero-order chi connectivity index (χ0) is 28.1. The molecule has 7 rings (SSSR count). The first-order chi connectivity index (χ1) is 19.9. The largest absolute Gasteiger partial charge is 0.443 e. The van der Waals surface area contributed by atoms with Gasteiger partial charge in [0.05, 0.1) is 18.8 Å². The Balaban J connectivity index is 1.35. The number of halogens is 3. The topological polar surface area (TPSA) is 66.2 Å². The molecule has 7 nitrogen and oxygen atoms in total. The van der Waals surface area contributed by atoms with Gasteiger partial charge in [-0.1, -0.05) is 41.9 Å². The quantitative estimate of drug-likeness (QED) is 0.240. The van der Waals surface area contributed by atoms with Crippen LogP contribution >= 0.6 is 11.6 Å². The minimum absolute atomic E-state index is 0.0767. The van der Waals surface area contributed by atoms with Crippen molar-refractivity contribution in [2.75, 3.05) is 39.8 Å². The summed E-state index contributed by atoms with van der Waals surface area (Å²) in [5.74, 6) is 0.279. The number of benzene rings is 2. The number of pyridine rings is 1. The molecule has 2 aromatic heterocycles. The van der Waals surface area contributed by atoms with Crippen LogP contribution in [0, 0.1) is 11.7 Å². The summed E-state index contributed by atoms with van der Waals surface area (Å²) in [5, 5.41) is 6.01.